The Morgan fingerprint density at radius 3 is 2.41 bits per heavy atom. The molecular formula is C15H9ClIN3O2. The second kappa shape index (κ2) is 6.45. The number of halogens is 2. The van der Waals surface area contributed by atoms with E-state index in [9.17, 15) is 4.79 Å². The van der Waals surface area contributed by atoms with Crippen molar-refractivity contribution < 1.29 is 9.21 Å². The van der Waals surface area contributed by atoms with Gasteiger partial charge in [-0.25, -0.2) is 0 Å². The Hall–Kier alpha value is -1.93. The zero-order valence-corrected chi connectivity index (χ0v) is 14.0. The summed E-state index contributed by atoms with van der Waals surface area (Å²) in [6.07, 6.45) is 0. The van der Waals surface area contributed by atoms with Crippen molar-refractivity contribution in [1.82, 2.24) is 10.2 Å². The molecule has 0 unspecified atom stereocenters. The lowest BCUT2D eigenvalue weighted by Crippen LogP contribution is -2.11. The van der Waals surface area contributed by atoms with Crippen molar-refractivity contribution >= 4 is 46.1 Å². The van der Waals surface area contributed by atoms with Gasteiger partial charge in [0, 0.05) is 19.7 Å². The number of benzene rings is 2. The summed E-state index contributed by atoms with van der Waals surface area (Å²) in [5.41, 5.74) is 1.25. The number of anilines is 1. The summed E-state index contributed by atoms with van der Waals surface area (Å²) in [4.78, 5) is 12.1. The molecule has 0 spiro atoms. The van der Waals surface area contributed by atoms with Gasteiger partial charge >= 0.3 is 6.01 Å². The van der Waals surface area contributed by atoms with Crippen LogP contribution in [0.25, 0.3) is 11.5 Å². The van der Waals surface area contributed by atoms with Crippen LogP contribution < -0.4 is 5.32 Å². The van der Waals surface area contributed by atoms with Crippen molar-refractivity contribution in [3.63, 3.8) is 0 Å². The quantitative estimate of drug-likeness (QED) is 0.637. The van der Waals surface area contributed by atoms with E-state index in [0.717, 1.165) is 9.13 Å². The summed E-state index contributed by atoms with van der Waals surface area (Å²) in [7, 11) is 0. The molecule has 2 aromatic carbocycles. The van der Waals surface area contributed by atoms with Gasteiger partial charge in [0.25, 0.3) is 5.91 Å². The Kier molecular flexibility index (Phi) is 4.39. The highest BCUT2D eigenvalue weighted by Crippen LogP contribution is 2.22. The molecular weight excluding hydrogens is 417 g/mol. The maximum Gasteiger partial charge on any atom is 0.322 e. The van der Waals surface area contributed by atoms with Crippen LogP contribution in [0.1, 0.15) is 10.4 Å². The Morgan fingerprint density at radius 1 is 1.05 bits per heavy atom. The van der Waals surface area contributed by atoms with E-state index in [1.807, 2.05) is 12.1 Å². The molecule has 0 saturated carbocycles. The monoisotopic (exact) mass is 425 g/mol. The third-order valence-electron chi connectivity index (χ3n) is 2.84. The summed E-state index contributed by atoms with van der Waals surface area (Å²) >= 11 is 8.00. The molecule has 0 atom stereocenters. The first-order valence-corrected chi connectivity index (χ1v) is 7.74. The van der Waals surface area contributed by atoms with Gasteiger partial charge in [0.15, 0.2) is 0 Å². The minimum absolute atomic E-state index is 0.0495. The van der Waals surface area contributed by atoms with Crippen LogP contribution in [0.4, 0.5) is 6.01 Å². The molecule has 1 amide bonds. The van der Waals surface area contributed by atoms with Crippen LogP contribution in [-0.2, 0) is 0 Å². The minimum Gasteiger partial charge on any atom is -0.403 e. The lowest BCUT2D eigenvalue weighted by molar-refractivity contribution is 0.102. The van der Waals surface area contributed by atoms with Gasteiger partial charge in [-0.15, -0.1) is 5.10 Å². The van der Waals surface area contributed by atoms with E-state index >= 15 is 0 Å². The van der Waals surface area contributed by atoms with Gasteiger partial charge in [-0.05, 0) is 71.1 Å². The predicted molar refractivity (Wildman–Crippen MR) is 91.9 cm³/mol. The molecule has 0 fully saturated rings. The fraction of sp³-hybridized carbons (Fsp3) is 0. The first-order chi connectivity index (χ1) is 10.6. The highest BCUT2D eigenvalue weighted by atomic mass is 127. The van der Waals surface area contributed by atoms with Gasteiger partial charge in [0.1, 0.15) is 0 Å². The highest BCUT2D eigenvalue weighted by molar-refractivity contribution is 14.1. The van der Waals surface area contributed by atoms with Gasteiger partial charge in [-0.2, -0.15) is 0 Å². The average Bonchev–Trinajstić information content (AvgIpc) is 2.97. The average molecular weight is 426 g/mol. The summed E-state index contributed by atoms with van der Waals surface area (Å²) in [6, 6.07) is 14.2. The second-order valence-electron chi connectivity index (χ2n) is 4.38. The third kappa shape index (κ3) is 3.45. The molecule has 0 radical (unpaired) electrons. The molecule has 0 saturated heterocycles. The standard InChI is InChI=1S/C15H9ClIN3O2/c16-11-5-1-10(2-6-11)14-19-20-15(22-14)18-13(21)9-3-7-12(17)8-4-9/h1-8H,(H,18,20,21). The largest absolute Gasteiger partial charge is 0.403 e. The number of aromatic nitrogens is 2. The SMILES string of the molecule is O=C(Nc1nnc(-c2ccc(Cl)cc2)o1)c1ccc(I)cc1. The molecule has 7 heteroatoms. The zero-order chi connectivity index (χ0) is 15.5. The Morgan fingerprint density at radius 2 is 1.73 bits per heavy atom. The molecule has 0 aliphatic heterocycles. The molecule has 0 aliphatic rings. The maximum absolute atomic E-state index is 12.1. The van der Waals surface area contributed by atoms with Gasteiger partial charge in [-0.3, -0.25) is 10.1 Å². The van der Waals surface area contributed by atoms with Crippen molar-refractivity contribution in [3.05, 3.63) is 62.7 Å². The lowest BCUT2D eigenvalue weighted by Gasteiger charge is -2.00. The first-order valence-electron chi connectivity index (χ1n) is 6.28. The first kappa shape index (κ1) is 15.0. The van der Waals surface area contributed by atoms with E-state index in [1.165, 1.54) is 0 Å². The van der Waals surface area contributed by atoms with Crippen molar-refractivity contribution in [2.45, 2.75) is 0 Å². The lowest BCUT2D eigenvalue weighted by atomic mass is 10.2. The smallest absolute Gasteiger partial charge is 0.322 e. The molecule has 1 heterocycles. The Bertz CT molecular complexity index is 800. The number of amides is 1. The molecule has 5 nitrogen and oxygen atoms in total. The van der Waals surface area contributed by atoms with Gasteiger partial charge in [0.05, 0.1) is 0 Å². The zero-order valence-electron chi connectivity index (χ0n) is 11.1. The fourth-order valence-corrected chi connectivity index (χ4v) is 2.24. The Balaban J connectivity index is 1.75. The van der Waals surface area contributed by atoms with Crippen molar-refractivity contribution in [3.8, 4) is 11.5 Å². The number of nitrogens with zero attached hydrogens (tertiary/aromatic N) is 2. The van der Waals surface area contributed by atoms with Crippen molar-refractivity contribution in [2.24, 2.45) is 0 Å². The fourth-order valence-electron chi connectivity index (χ4n) is 1.75. The van der Waals surface area contributed by atoms with E-state index < -0.39 is 0 Å². The number of hydrogen-bond donors (Lipinski definition) is 1. The van der Waals surface area contributed by atoms with Crippen LogP contribution in [0, 0.1) is 3.57 Å². The summed E-state index contributed by atoms with van der Waals surface area (Å²) in [6.45, 7) is 0. The molecule has 22 heavy (non-hydrogen) atoms. The van der Waals surface area contributed by atoms with Crippen LogP contribution in [0.2, 0.25) is 5.02 Å². The van der Waals surface area contributed by atoms with Crippen LogP contribution in [-0.4, -0.2) is 16.1 Å². The molecule has 110 valence electrons. The molecule has 1 aromatic heterocycles. The predicted octanol–water partition coefficient (Wildman–Crippen LogP) is 4.25. The van der Waals surface area contributed by atoms with Crippen LogP contribution >= 0.6 is 34.2 Å². The summed E-state index contributed by atoms with van der Waals surface area (Å²) in [5.74, 6) is 0.0114. The maximum atomic E-state index is 12.1. The highest BCUT2D eigenvalue weighted by Gasteiger charge is 2.12. The summed E-state index contributed by atoms with van der Waals surface area (Å²) in [5, 5.41) is 10.9. The van der Waals surface area contributed by atoms with Crippen LogP contribution in [0.3, 0.4) is 0 Å². The summed E-state index contributed by atoms with van der Waals surface area (Å²) < 4.78 is 6.48. The minimum atomic E-state index is -0.303. The van der Waals surface area contributed by atoms with E-state index in [0.29, 0.717) is 16.5 Å². The van der Waals surface area contributed by atoms with Crippen LogP contribution in [0.15, 0.2) is 52.9 Å². The van der Waals surface area contributed by atoms with E-state index in [2.05, 4.69) is 38.1 Å². The number of nitrogens with one attached hydrogen (secondary N) is 1. The number of carbonyl (C=O) groups excluding carboxylic acids is 1. The molecule has 3 aromatic rings. The van der Waals surface area contributed by atoms with Crippen molar-refractivity contribution in [2.75, 3.05) is 5.32 Å². The van der Waals surface area contributed by atoms with E-state index in [1.54, 1.807) is 36.4 Å². The normalized spacial score (nSPS) is 10.5. The molecule has 0 aliphatic carbocycles. The van der Waals surface area contributed by atoms with Gasteiger partial charge in [0.2, 0.25) is 5.89 Å². The van der Waals surface area contributed by atoms with Gasteiger partial charge in [-0.1, -0.05) is 16.7 Å². The second-order valence-corrected chi connectivity index (χ2v) is 6.06. The molecule has 1 N–H and O–H groups in total. The molecule has 0 bridgehead atoms. The van der Waals surface area contributed by atoms with Crippen molar-refractivity contribution in [1.29, 1.82) is 0 Å². The number of carbonyl (C=O) groups is 1. The van der Waals surface area contributed by atoms with E-state index in [-0.39, 0.29) is 11.9 Å². The van der Waals surface area contributed by atoms with Crippen LogP contribution in [0.5, 0.6) is 0 Å². The van der Waals surface area contributed by atoms with E-state index in [4.69, 9.17) is 16.0 Å². The number of rotatable bonds is 3. The topological polar surface area (TPSA) is 68.0 Å². The third-order valence-corrected chi connectivity index (χ3v) is 3.81. The number of hydrogen-bond acceptors (Lipinski definition) is 4. The Labute approximate surface area is 144 Å². The molecule has 3 rings (SSSR count). The van der Waals surface area contributed by atoms with Gasteiger partial charge < -0.3 is 4.42 Å².